The van der Waals surface area contributed by atoms with Crippen LogP contribution in [0.5, 0.6) is 0 Å². The minimum absolute atomic E-state index is 0.273. The Morgan fingerprint density at radius 2 is 2.32 bits per heavy atom. The molecule has 1 aliphatic rings. The summed E-state index contributed by atoms with van der Waals surface area (Å²) in [6.45, 7) is 7.36. The van der Waals surface area contributed by atoms with E-state index in [0.717, 1.165) is 42.3 Å². The molecular weight excluding hydrogens is 260 g/mol. The second kappa shape index (κ2) is 6.60. The van der Waals surface area contributed by atoms with Crippen LogP contribution in [0.25, 0.3) is 0 Å². The Kier molecular flexibility index (Phi) is 5.08. The highest BCUT2D eigenvalue weighted by Gasteiger charge is 2.22. The molecule has 106 valence electrons. The van der Waals surface area contributed by atoms with Gasteiger partial charge in [0.25, 0.3) is 0 Å². The monoisotopic (exact) mass is 282 g/mol. The molecule has 3 nitrogen and oxygen atoms in total. The summed E-state index contributed by atoms with van der Waals surface area (Å²) >= 11 is 6.39. The highest BCUT2D eigenvalue weighted by Crippen LogP contribution is 2.30. The second-order valence-electron chi connectivity index (χ2n) is 5.27. The average Bonchev–Trinajstić information content (AvgIpc) is 2.87. The summed E-state index contributed by atoms with van der Waals surface area (Å²) in [5, 5.41) is 13.4. The highest BCUT2D eigenvalue weighted by atomic mass is 35.5. The van der Waals surface area contributed by atoms with Crippen molar-refractivity contribution in [3.8, 4) is 0 Å². The normalized spacial score (nSPS) is 20.8. The first kappa shape index (κ1) is 14.6. The fourth-order valence-corrected chi connectivity index (χ4v) is 3.03. The molecule has 0 saturated carbocycles. The quantitative estimate of drug-likeness (QED) is 0.872. The van der Waals surface area contributed by atoms with Crippen LogP contribution in [-0.4, -0.2) is 31.3 Å². The predicted molar refractivity (Wildman–Crippen MR) is 80.9 cm³/mol. The number of halogens is 1. The number of aliphatic hydroxyl groups excluding tert-OH is 1. The van der Waals surface area contributed by atoms with E-state index in [0.29, 0.717) is 5.92 Å². The molecule has 19 heavy (non-hydrogen) atoms. The molecule has 4 heteroatoms. The molecule has 2 unspecified atom stereocenters. The minimum Gasteiger partial charge on any atom is -0.396 e. The Labute approximate surface area is 120 Å². The van der Waals surface area contributed by atoms with Gasteiger partial charge in [-0.15, -0.1) is 0 Å². The lowest BCUT2D eigenvalue weighted by molar-refractivity contribution is 0.238. The molecule has 2 atom stereocenters. The van der Waals surface area contributed by atoms with E-state index >= 15 is 0 Å². The van der Waals surface area contributed by atoms with Gasteiger partial charge in [0.05, 0.1) is 0 Å². The Hall–Kier alpha value is -0.770. The van der Waals surface area contributed by atoms with Crippen molar-refractivity contribution in [1.29, 1.82) is 0 Å². The number of anilines is 1. The van der Waals surface area contributed by atoms with E-state index in [4.69, 9.17) is 11.6 Å². The fraction of sp³-hybridized carbons (Fsp3) is 0.600. The van der Waals surface area contributed by atoms with E-state index < -0.39 is 0 Å². The largest absolute Gasteiger partial charge is 0.396 e. The molecule has 1 aliphatic heterocycles. The Morgan fingerprint density at radius 3 is 2.89 bits per heavy atom. The molecule has 2 rings (SSSR count). The first-order valence-corrected chi connectivity index (χ1v) is 7.42. The van der Waals surface area contributed by atoms with Crippen LogP contribution in [0.2, 0.25) is 5.02 Å². The molecule has 1 saturated heterocycles. The lowest BCUT2D eigenvalue weighted by Gasteiger charge is -2.21. The molecule has 1 heterocycles. The number of hydrogen-bond acceptors (Lipinski definition) is 3. The standard InChI is InChI=1S/C15H23ClN2O/c1-3-17-11(2)14-5-4-13(8-15(14)16)18-7-6-12(9-18)10-19/h4-5,8,11-12,17,19H,3,6-7,9-10H2,1-2H3. The first-order valence-electron chi connectivity index (χ1n) is 7.04. The molecule has 1 aromatic carbocycles. The number of hydrogen-bond donors (Lipinski definition) is 2. The van der Waals surface area contributed by atoms with Crippen LogP contribution in [0, 0.1) is 5.92 Å². The van der Waals surface area contributed by atoms with Gasteiger partial charge in [0, 0.05) is 42.4 Å². The van der Waals surface area contributed by atoms with Crippen LogP contribution in [-0.2, 0) is 0 Å². The van der Waals surface area contributed by atoms with Gasteiger partial charge in [0.2, 0.25) is 0 Å². The van der Waals surface area contributed by atoms with Crippen LogP contribution < -0.4 is 10.2 Å². The van der Waals surface area contributed by atoms with Crippen molar-refractivity contribution in [2.45, 2.75) is 26.3 Å². The van der Waals surface area contributed by atoms with Gasteiger partial charge in [-0.3, -0.25) is 0 Å². The molecule has 2 N–H and O–H groups in total. The van der Waals surface area contributed by atoms with E-state index in [1.165, 1.54) is 0 Å². The molecule has 1 aromatic rings. The van der Waals surface area contributed by atoms with Crippen LogP contribution >= 0.6 is 11.6 Å². The van der Waals surface area contributed by atoms with Crippen LogP contribution in [0.4, 0.5) is 5.69 Å². The number of aliphatic hydroxyl groups is 1. The zero-order valence-electron chi connectivity index (χ0n) is 11.7. The van der Waals surface area contributed by atoms with Gasteiger partial charge in [-0.1, -0.05) is 24.6 Å². The van der Waals surface area contributed by atoms with E-state index in [1.54, 1.807) is 0 Å². The lowest BCUT2D eigenvalue weighted by Crippen LogP contribution is -2.21. The van der Waals surface area contributed by atoms with Gasteiger partial charge in [0.1, 0.15) is 0 Å². The highest BCUT2D eigenvalue weighted by molar-refractivity contribution is 6.31. The average molecular weight is 283 g/mol. The Balaban J connectivity index is 2.11. The van der Waals surface area contributed by atoms with E-state index in [-0.39, 0.29) is 12.6 Å². The molecule has 0 bridgehead atoms. The van der Waals surface area contributed by atoms with E-state index in [9.17, 15) is 5.11 Å². The van der Waals surface area contributed by atoms with Crippen molar-refractivity contribution in [2.24, 2.45) is 5.92 Å². The summed E-state index contributed by atoms with van der Waals surface area (Å²) in [6, 6.07) is 6.56. The second-order valence-corrected chi connectivity index (χ2v) is 5.68. The van der Waals surface area contributed by atoms with Crippen molar-refractivity contribution in [1.82, 2.24) is 5.32 Å². The fourth-order valence-electron chi connectivity index (χ4n) is 2.70. The number of nitrogens with one attached hydrogen (secondary N) is 1. The van der Waals surface area contributed by atoms with Gasteiger partial charge in [-0.25, -0.2) is 0 Å². The van der Waals surface area contributed by atoms with E-state index in [2.05, 4.69) is 36.2 Å². The summed E-state index contributed by atoms with van der Waals surface area (Å²) in [4.78, 5) is 2.30. The van der Waals surface area contributed by atoms with Gasteiger partial charge in [0.15, 0.2) is 0 Å². The maximum absolute atomic E-state index is 9.20. The topological polar surface area (TPSA) is 35.5 Å². The van der Waals surface area contributed by atoms with Gasteiger partial charge in [-0.05, 0) is 37.6 Å². The first-order chi connectivity index (χ1) is 9.15. The molecule has 0 spiro atoms. The summed E-state index contributed by atoms with van der Waals surface area (Å²) < 4.78 is 0. The third-order valence-corrected chi connectivity index (χ3v) is 4.20. The van der Waals surface area contributed by atoms with Crippen LogP contribution in [0.3, 0.4) is 0 Å². The maximum Gasteiger partial charge on any atom is 0.0476 e. The van der Waals surface area contributed by atoms with Crippen molar-refractivity contribution in [3.63, 3.8) is 0 Å². The van der Waals surface area contributed by atoms with Gasteiger partial charge < -0.3 is 15.3 Å². The number of benzene rings is 1. The smallest absolute Gasteiger partial charge is 0.0476 e. The van der Waals surface area contributed by atoms with Crippen molar-refractivity contribution in [3.05, 3.63) is 28.8 Å². The summed E-state index contributed by atoms with van der Waals surface area (Å²) in [7, 11) is 0. The Morgan fingerprint density at radius 1 is 1.53 bits per heavy atom. The molecule has 0 aromatic heterocycles. The summed E-state index contributed by atoms with van der Waals surface area (Å²) in [6.07, 6.45) is 1.06. The maximum atomic E-state index is 9.20. The molecular formula is C15H23ClN2O. The SMILES string of the molecule is CCNC(C)c1ccc(N2CCC(CO)C2)cc1Cl. The zero-order valence-corrected chi connectivity index (χ0v) is 12.5. The summed E-state index contributed by atoms with van der Waals surface area (Å²) in [5.41, 5.74) is 2.30. The van der Waals surface area contributed by atoms with E-state index in [1.807, 2.05) is 6.07 Å². The minimum atomic E-state index is 0.273. The zero-order chi connectivity index (χ0) is 13.8. The predicted octanol–water partition coefficient (Wildman–Crippen LogP) is 2.83. The third kappa shape index (κ3) is 3.41. The lowest BCUT2D eigenvalue weighted by atomic mass is 10.1. The molecule has 1 fully saturated rings. The van der Waals surface area contributed by atoms with Gasteiger partial charge >= 0.3 is 0 Å². The Bertz CT molecular complexity index is 425. The van der Waals surface area contributed by atoms with Crippen molar-refractivity contribution >= 4 is 17.3 Å². The van der Waals surface area contributed by atoms with Crippen molar-refractivity contribution < 1.29 is 5.11 Å². The third-order valence-electron chi connectivity index (χ3n) is 3.87. The molecule has 0 radical (unpaired) electrons. The number of nitrogens with zero attached hydrogens (tertiary/aromatic N) is 1. The van der Waals surface area contributed by atoms with Gasteiger partial charge in [-0.2, -0.15) is 0 Å². The summed E-state index contributed by atoms with van der Waals surface area (Å²) in [5.74, 6) is 0.402. The molecule has 0 aliphatic carbocycles. The van der Waals surface area contributed by atoms with Crippen LogP contribution in [0.1, 0.15) is 31.9 Å². The van der Waals surface area contributed by atoms with Crippen LogP contribution in [0.15, 0.2) is 18.2 Å². The number of rotatable bonds is 5. The molecule has 0 amide bonds. The van der Waals surface area contributed by atoms with Crippen molar-refractivity contribution in [2.75, 3.05) is 31.1 Å².